The molecule has 0 fully saturated rings. The van der Waals surface area contributed by atoms with E-state index >= 15 is 0 Å². The SMILES string of the molecule is CCCCC/C=C/C/C=C/CCCCCCCC(=O)OC[C@H](COP(=O)(O)O)OC(=O)CCCCCCC/C=C/CCCCCCCC. The van der Waals surface area contributed by atoms with E-state index in [9.17, 15) is 14.2 Å². The van der Waals surface area contributed by atoms with Gasteiger partial charge in [0, 0.05) is 12.8 Å². The van der Waals surface area contributed by atoms with Crippen molar-refractivity contribution in [1.29, 1.82) is 0 Å². The fourth-order valence-corrected chi connectivity index (χ4v) is 5.58. The second-order valence-electron chi connectivity index (χ2n) is 12.9. The summed E-state index contributed by atoms with van der Waals surface area (Å²) in [6.45, 7) is 3.63. The van der Waals surface area contributed by atoms with Crippen LogP contribution >= 0.6 is 7.82 Å². The summed E-state index contributed by atoms with van der Waals surface area (Å²) >= 11 is 0. The molecule has 8 nitrogen and oxygen atoms in total. The first-order valence-electron chi connectivity index (χ1n) is 19.3. The number of esters is 2. The number of rotatable bonds is 35. The lowest BCUT2D eigenvalue weighted by molar-refractivity contribution is -0.161. The third-order valence-corrected chi connectivity index (χ3v) is 8.62. The molecular weight excluding hydrogens is 627 g/mol. The van der Waals surface area contributed by atoms with E-state index in [4.69, 9.17) is 19.3 Å². The van der Waals surface area contributed by atoms with Gasteiger partial charge in [0.25, 0.3) is 0 Å². The van der Waals surface area contributed by atoms with Gasteiger partial charge >= 0.3 is 19.8 Å². The van der Waals surface area contributed by atoms with Crippen LogP contribution in [0.2, 0.25) is 0 Å². The molecule has 0 saturated heterocycles. The summed E-state index contributed by atoms with van der Waals surface area (Å²) < 4.78 is 26.3. The van der Waals surface area contributed by atoms with Gasteiger partial charge in [-0.3, -0.25) is 14.1 Å². The van der Waals surface area contributed by atoms with Crippen LogP contribution in [-0.4, -0.2) is 41.0 Å². The van der Waals surface area contributed by atoms with E-state index in [1.54, 1.807) is 0 Å². The third kappa shape index (κ3) is 37.1. The van der Waals surface area contributed by atoms with Crippen LogP contribution in [-0.2, 0) is 28.2 Å². The maximum atomic E-state index is 12.4. The highest BCUT2D eigenvalue weighted by Gasteiger charge is 2.22. The highest BCUT2D eigenvalue weighted by Crippen LogP contribution is 2.36. The minimum Gasteiger partial charge on any atom is -0.462 e. The van der Waals surface area contributed by atoms with Gasteiger partial charge in [-0.25, -0.2) is 4.57 Å². The molecule has 0 unspecified atom stereocenters. The number of hydrogen-bond acceptors (Lipinski definition) is 6. The summed E-state index contributed by atoms with van der Waals surface area (Å²) in [5.74, 6) is -0.910. The Bertz CT molecular complexity index is 879. The van der Waals surface area contributed by atoms with Crippen molar-refractivity contribution in [3.05, 3.63) is 36.5 Å². The van der Waals surface area contributed by atoms with Crippen molar-refractivity contribution in [2.75, 3.05) is 13.2 Å². The average molecular weight is 699 g/mol. The lowest BCUT2D eigenvalue weighted by atomic mass is 10.1. The largest absolute Gasteiger partial charge is 0.469 e. The zero-order valence-electron chi connectivity index (χ0n) is 30.6. The van der Waals surface area contributed by atoms with E-state index in [1.165, 1.54) is 70.6 Å². The number of hydrogen-bond donors (Lipinski definition) is 2. The zero-order chi connectivity index (χ0) is 35.4. The summed E-state index contributed by atoms with van der Waals surface area (Å²) in [4.78, 5) is 42.7. The lowest BCUT2D eigenvalue weighted by Gasteiger charge is -2.18. The van der Waals surface area contributed by atoms with E-state index in [1.807, 2.05) is 0 Å². The predicted octanol–water partition coefficient (Wildman–Crippen LogP) is 11.4. The number of carbonyl (C=O) groups excluding carboxylic acids is 2. The fraction of sp³-hybridized carbons (Fsp3) is 0.795. The van der Waals surface area contributed by atoms with Gasteiger partial charge in [-0.2, -0.15) is 0 Å². The van der Waals surface area contributed by atoms with Crippen LogP contribution in [0.5, 0.6) is 0 Å². The Morgan fingerprint density at radius 3 is 1.44 bits per heavy atom. The van der Waals surface area contributed by atoms with Gasteiger partial charge in [-0.05, 0) is 70.6 Å². The van der Waals surface area contributed by atoms with Gasteiger partial charge in [0.05, 0.1) is 6.61 Å². The van der Waals surface area contributed by atoms with Gasteiger partial charge in [0.1, 0.15) is 6.61 Å². The Labute approximate surface area is 293 Å². The molecule has 0 aromatic heterocycles. The molecule has 0 aromatic carbocycles. The topological polar surface area (TPSA) is 119 Å². The number of phosphoric ester groups is 1. The number of ether oxygens (including phenoxy) is 2. The standard InChI is InChI=1S/C39H71O8P/c1-3-5-7-9-11-13-15-17-19-21-23-25-27-29-31-33-38(40)45-35-37(36-46-48(42,43)44)47-39(41)34-32-30-28-26-24-22-20-18-16-14-12-10-8-6-4-2/h11,13,17-20,37H,3-10,12,14-16,21-36H2,1-2H3,(H2,42,43,44)/b13-11+,19-17+,20-18+/t37-/m1/s1. The first-order valence-corrected chi connectivity index (χ1v) is 20.8. The minimum absolute atomic E-state index is 0.199. The Morgan fingerprint density at radius 1 is 0.542 bits per heavy atom. The molecule has 1 atom stereocenters. The van der Waals surface area contributed by atoms with Crippen molar-refractivity contribution in [2.45, 2.75) is 187 Å². The molecule has 0 aliphatic rings. The molecule has 0 amide bonds. The van der Waals surface area contributed by atoms with E-state index in [0.29, 0.717) is 12.8 Å². The smallest absolute Gasteiger partial charge is 0.462 e. The third-order valence-electron chi connectivity index (χ3n) is 8.13. The van der Waals surface area contributed by atoms with E-state index < -0.39 is 32.5 Å². The van der Waals surface area contributed by atoms with Crippen LogP contribution in [0.3, 0.4) is 0 Å². The molecule has 280 valence electrons. The fourth-order valence-electron chi connectivity index (χ4n) is 5.22. The lowest BCUT2D eigenvalue weighted by Crippen LogP contribution is -2.29. The molecule has 0 saturated carbocycles. The number of unbranched alkanes of at least 4 members (excludes halogenated alkanes) is 19. The molecule has 48 heavy (non-hydrogen) atoms. The molecule has 0 radical (unpaired) electrons. The highest BCUT2D eigenvalue weighted by molar-refractivity contribution is 7.46. The second kappa shape index (κ2) is 35.1. The predicted molar refractivity (Wildman–Crippen MR) is 198 cm³/mol. The first-order chi connectivity index (χ1) is 23.3. The van der Waals surface area contributed by atoms with Crippen molar-refractivity contribution in [3.63, 3.8) is 0 Å². The summed E-state index contributed by atoms with van der Waals surface area (Å²) in [6, 6.07) is 0. The highest BCUT2D eigenvalue weighted by atomic mass is 31.2. The van der Waals surface area contributed by atoms with E-state index in [2.05, 4.69) is 54.8 Å². The maximum absolute atomic E-state index is 12.4. The van der Waals surface area contributed by atoms with Crippen molar-refractivity contribution < 1.29 is 37.9 Å². The Kier molecular flexibility index (Phi) is 33.8. The van der Waals surface area contributed by atoms with Crippen LogP contribution in [0.25, 0.3) is 0 Å². The number of allylic oxidation sites excluding steroid dienone is 6. The molecule has 0 spiro atoms. The van der Waals surface area contributed by atoms with Crippen molar-refractivity contribution >= 4 is 19.8 Å². The molecular formula is C39H71O8P. The monoisotopic (exact) mass is 698 g/mol. The normalized spacial score (nSPS) is 12.8. The van der Waals surface area contributed by atoms with Crippen molar-refractivity contribution in [3.8, 4) is 0 Å². The molecule has 0 bridgehead atoms. The molecule has 0 aliphatic carbocycles. The number of carbonyl (C=O) groups is 2. The summed E-state index contributed by atoms with van der Waals surface area (Å²) in [7, 11) is -4.75. The molecule has 0 aliphatic heterocycles. The Hall–Kier alpha value is -1.73. The van der Waals surface area contributed by atoms with Gasteiger partial charge in [-0.15, -0.1) is 0 Å². The molecule has 2 N–H and O–H groups in total. The minimum atomic E-state index is -4.75. The van der Waals surface area contributed by atoms with Gasteiger partial charge in [0.15, 0.2) is 6.10 Å². The van der Waals surface area contributed by atoms with Crippen LogP contribution in [0, 0.1) is 0 Å². The molecule has 0 rings (SSSR count). The number of phosphoric acid groups is 1. The van der Waals surface area contributed by atoms with Gasteiger partial charge in [0.2, 0.25) is 0 Å². The van der Waals surface area contributed by atoms with Gasteiger partial charge < -0.3 is 19.3 Å². The maximum Gasteiger partial charge on any atom is 0.469 e. The first kappa shape index (κ1) is 46.3. The van der Waals surface area contributed by atoms with Gasteiger partial charge in [-0.1, -0.05) is 134 Å². The zero-order valence-corrected chi connectivity index (χ0v) is 31.5. The van der Waals surface area contributed by atoms with Crippen molar-refractivity contribution in [2.24, 2.45) is 0 Å². The summed E-state index contributed by atoms with van der Waals surface area (Å²) in [5, 5.41) is 0. The molecule has 0 aromatic rings. The quantitative estimate of drug-likeness (QED) is 0.0290. The van der Waals surface area contributed by atoms with Crippen LogP contribution < -0.4 is 0 Å². The Morgan fingerprint density at radius 2 is 0.938 bits per heavy atom. The average Bonchev–Trinajstić information content (AvgIpc) is 3.05. The molecule has 9 heteroatoms. The summed E-state index contributed by atoms with van der Waals surface area (Å²) in [6.07, 6.45) is 40.0. The van der Waals surface area contributed by atoms with Crippen LogP contribution in [0.15, 0.2) is 36.5 Å². The van der Waals surface area contributed by atoms with E-state index in [-0.39, 0.29) is 19.4 Å². The van der Waals surface area contributed by atoms with Crippen LogP contribution in [0.1, 0.15) is 181 Å². The van der Waals surface area contributed by atoms with E-state index in [0.717, 1.165) is 70.6 Å². The van der Waals surface area contributed by atoms with Crippen molar-refractivity contribution in [1.82, 2.24) is 0 Å². The Balaban J connectivity index is 4.00. The summed E-state index contributed by atoms with van der Waals surface area (Å²) in [5.41, 5.74) is 0. The second-order valence-corrected chi connectivity index (χ2v) is 14.1. The molecule has 0 heterocycles. The van der Waals surface area contributed by atoms with Crippen LogP contribution in [0.4, 0.5) is 0 Å².